The van der Waals surface area contributed by atoms with E-state index in [1.807, 2.05) is 73.8 Å². The highest BCUT2D eigenvalue weighted by molar-refractivity contribution is 5.90. The number of nitrogens with zero attached hydrogens (tertiary/aromatic N) is 3. The van der Waals surface area contributed by atoms with Crippen molar-refractivity contribution in [1.82, 2.24) is 15.2 Å². The number of benzene rings is 3. The molecule has 1 aromatic heterocycles. The Balaban J connectivity index is 1.59. The molecular formula is C25H22N4O2. The summed E-state index contributed by atoms with van der Waals surface area (Å²) in [6.07, 6.45) is 2.10. The molecule has 2 N–H and O–H groups in total. The van der Waals surface area contributed by atoms with Crippen LogP contribution in [-0.4, -0.2) is 27.0 Å². The number of rotatable bonds is 6. The summed E-state index contributed by atoms with van der Waals surface area (Å²) in [6, 6.07) is 26.5. The first-order valence-electron chi connectivity index (χ1n) is 9.90. The molecule has 0 fully saturated rings. The number of hydrazone groups is 1. The molecule has 154 valence electrons. The average molecular weight is 410 g/mol. The first kappa shape index (κ1) is 20.3. The molecule has 0 aliphatic rings. The topological polar surface area (TPSA) is 79.5 Å². The van der Waals surface area contributed by atoms with Crippen molar-refractivity contribution in [1.29, 1.82) is 0 Å². The second-order valence-corrected chi connectivity index (χ2v) is 7.13. The Morgan fingerprint density at radius 2 is 1.65 bits per heavy atom. The fourth-order valence-corrected chi connectivity index (χ4v) is 3.14. The minimum Gasteiger partial charge on any atom is -0.378 e. The number of aliphatic hydroxyl groups is 1. The fraction of sp³-hybridized carbons (Fsp3) is 0.0800. The van der Waals surface area contributed by atoms with Crippen molar-refractivity contribution in [3.05, 3.63) is 108 Å². The lowest BCUT2D eigenvalue weighted by atomic mass is 10.1. The standard InChI is InChI=1S/C25H22N4O2/c1-18-12-14-19(15-13-18)23-21(17-29(28-23)22-10-6-3-7-11-22)16-26-27-25(31)24(30)20-8-4-2-5-9-20/h2-17,24,30H,1H3,(H,27,31)/b26-16+. The predicted molar refractivity (Wildman–Crippen MR) is 121 cm³/mol. The van der Waals surface area contributed by atoms with Crippen molar-refractivity contribution in [2.75, 3.05) is 0 Å². The third kappa shape index (κ3) is 4.76. The van der Waals surface area contributed by atoms with Crippen LogP contribution in [0, 0.1) is 6.92 Å². The molecule has 0 radical (unpaired) electrons. The van der Waals surface area contributed by atoms with E-state index in [4.69, 9.17) is 5.10 Å². The van der Waals surface area contributed by atoms with Crippen LogP contribution in [0.1, 0.15) is 22.8 Å². The van der Waals surface area contributed by atoms with Gasteiger partial charge in [0.25, 0.3) is 5.91 Å². The van der Waals surface area contributed by atoms with Crippen LogP contribution >= 0.6 is 0 Å². The van der Waals surface area contributed by atoms with Gasteiger partial charge in [0.15, 0.2) is 6.10 Å². The molecule has 31 heavy (non-hydrogen) atoms. The van der Waals surface area contributed by atoms with E-state index in [0.29, 0.717) is 5.56 Å². The number of carbonyl (C=O) groups excluding carboxylic acids is 1. The largest absolute Gasteiger partial charge is 0.378 e. The van der Waals surface area contributed by atoms with Gasteiger partial charge in [-0.3, -0.25) is 4.79 Å². The third-order valence-corrected chi connectivity index (χ3v) is 4.83. The molecule has 6 nitrogen and oxygen atoms in total. The van der Waals surface area contributed by atoms with Gasteiger partial charge in [-0.05, 0) is 24.6 Å². The molecule has 0 spiro atoms. The summed E-state index contributed by atoms with van der Waals surface area (Å²) in [6.45, 7) is 2.03. The number of hydrogen-bond donors (Lipinski definition) is 2. The van der Waals surface area contributed by atoms with Crippen LogP contribution in [0.4, 0.5) is 0 Å². The summed E-state index contributed by atoms with van der Waals surface area (Å²) in [7, 11) is 0. The van der Waals surface area contributed by atoms with Gasteiger partial charge >= 0.3 is 0 Å². The number of nitrogens with one attached hydrogen (secondary N) is 1. The molecule has 1 heterocycles. The number of amides is 1. The Kier molecular flexibility index (Phi) is 6.01. The molecule has 0 saturated carbocycles. The molecule has 0 aliphatic heterocycles. The summed E-state index contributed by atoms with van der Waals surface area (Å²) in [4.78, 5) is 12.3. The summed E-state index contributed by atoms with van der Waals surface area (Å²) in [5, 5.41) is 19.0. The van der Waals surface area contributed by atoms with Crippen molar-refractivity contribution in [2.24, 2.45) is 5.10 Å². The van der Waals surface area contributed by atoms with Gasteiger partial charge in [-0.15, -0.1) is 0 Å². The minimum atomic E-state index is -1.29. The molecule has 0 bridgehead atoms. The Hall–Kier alpha value is -4.03. The Morgan fingerprint density at radius 1 is 1.00 bits per heavy atom. The summed E-state index contributed by atoms with van der Waals surface area (Å²) >= 11 is 0. The van der Waals surface area contributed by atoms with Gasteiger partial charge in [-0.25, -0.2) is 10.1 Å². The second kappa shape index (κ2) is 9.19. The van der Waals surface area contributed by atoms with Gasteiger partial charge in [0.2, 0.25) is 0 Å². The highest BCUT2D eigenvalue weighted by atomic mass is 16.3. The maximum absolute atomic E-state index is 12.3. The summed E-state index contributed by atoms with van der Waals surface area (Å²) in [5.74, 6) is -0.602. The molecule has 3 aromatic carbocycles. The van der Waals surface area contributed by atoms with Crippen LogP contribution in [0.25, 0.3) is 16.9 Å². The van der Waals surface area contributed by atoms with Crippen LogP contribution in [0.2, 0.25) is 0 Å². The molecule has 1 unspecified atom stereocenters. The molecule has 4 aromatic rings. The van der Waals surface area contributed by atoms with Gasteiger partial charge < -0.3 is 5.11 Å². The fourth-order valence-electron chi connectivity index (χ4n) is 3.14. The number of hydrogen-bond acceptors (Lipinski definition) is 4. The van der Waals surface area contributed by atoms with Crippen molar-refractivity contribution in [2.45, 2.75) is 13.0 Å². The van der Waals surface area contributed by atoms with Crippen molar-refractivity contribution in [3.8, 4) is 16.9 Å². The monoisotopic (exact) mass is 410 g/mol. The molecule has 0 saturated heterocycles. The second-order valence-electron chi connectivity index (χ2n) is 7.13. The van der Waals surface area contributed by atoms with E-state index >= 15 is 0 Å². The highest BCUT2D eigenvalue weighted by Crippen LogP contribution is 2.23. The Labute approximate surface area is 180 Å². The average Bonchev–Trinajstić information content (AvgIpc) is 3.24. The van der Waals surface area contributed by atoms with Crippen molar-refractivity contribution >= 4 is 12.1 Å². The molecule has 0 aliphatic carbocycles. The first-order valence-corrected chi connectivity index (χ1v) is 9.90. The normalized spacial score (nSPS) is 12.1. The zero-order valence-corrected chi connectivity index (χ0v) is 17.0. The lowest BCUT2D eigenvalue weighted by Crippen LogP contribution is -2.25. The van der Waals surface area contributed by atoms with Crippen LogP contribution < -0.4 is 5.43 Å². The highest BCUT2D eigenvalue weighted by Gasteiger charge is 2.16. The van der Waals surface area contributed by atoms with Crippen LogP contribution in [-0.2, 0) is 4.79 Å². The van der Waals surface area contributed by atoms with Crippen molar-refractivity contribution in [3.63, 3.8) is 0 Å². The van der Waals surface area contributed by atoms with E-state index in [-0.39, 0.29) is 0 Å². The minimum absolute atomic E-state index is 0.507. The smallest absolute Gasteiger partial charge is 0.273 e. The van der Waals surface area contributed by atoms with Crippen LogP contribution in [0.15, 0.2) is 96.2 Å². The zero-order chi connectivity index (χ0) is 21.6. The van der Waals surface area contributed by atoms with Gasteiger partial charge in [0.05, 0.1) is 11.9 Å². The summed E-state index contributed by atoms with van der Waals surface area (Å²) < 4.78 is 1.77. The number of para-hydroxylation sites is 1. The van der Waals surface area contributed by atoms with Gasteiger partial charge in [-0.2, -0.15) is 10.2 Å². The third-order valence-electron chi connectivity index (χ3n) is 4.83. The Morgan fingerprint density at radius 3 is 2.32 bits per heavy atom. The van der Waals surface area contributed by atoms with E-state index in [9.17, 15) is 9.90 Å². The van der Waals surface area contributed by atoms with E-state index in [0.717, 1.165) is 28.1 Å². The number of carbonyl (C=O) groups is 1. The molecule has 1 atom stereocenters. The zero-order valence-electron chi connectivity index (χ0n) is 17.0. The van der Waals surface area contributed by atoms with Crippen LogP contribution in [0.3, 0.4) is 0 Å². The SMILES string of the molecule is Cc1ccc(-c2nn(-c3ccccc3)cc2/C=N/NC(=O)C(O)c2ccccc2)cc1. The van der Waals surface area contributed by atoms with E-state index in [1.54, 1.807) is 28.9 Å². The lowest BCUT2D eigenvalue weighted by molar-refractivity contribution is -0.129. The van der Waals surface area contributed by atoms with Crippen LogP contribution in [0.5, 0.6) is 0 Å². The maximum Gasteiger partial charge on any atom is 0.273 e. The molecular weight excluding hydrogens is 388 g/mol. The molecule has 4 rings (SSSR count). The number of aryl methyl sites for hydroxylation is 1. The molecule has 6 heteroatoms. The van der Waals surface area contributed by atoms with E-state index in [1.165, 1.54) is 6.21 Å². The van der Waals surface area contributed by atoms with Crippen molar-refractivity contribution < 1.29 is 9.90 Å². The quantitative estimate of drug-likeness (QED) is 0.372. The number of aliphatic hydroxyl groups excluding tert-OH is 1. The van der Waals surface area contributed by atoms with Gasteiger partial charge in [-0.1, -0.05) is 78.4 Å². The summed E-state index contributed by atoms with van der Waals surface area (Å²) in [5.41, 5.74) is 7.41. The van der Waals surface area contributed by atoms with Gasteiger partial charge in [0.1, 0.15) is 5.69 Å². The lowest BCUT2D eigenvalue weighted by Gasteiger charge is -2.08. The Bertz CT molecular complexity index is 1180. The van der Waals surface area contributed by atoms with Gasteiger partial charge in [0, 0.05) is 17.3 Å². The van der Waals surface area contributed by atoms with E-state index in [2.05, 4.69) is 10.5 Å². The first-order chi connectivity index (χ1) is 15.1. The number of aromatic nitrogens is 2. The molecule has 1 amide bonds. The predicted octanol–water partition coefficient (Wildman–Crippen LogP) is 4.03. The van der Waals surface area contributed by atoms with E-state index < -0.39 is 12.0 Å². The maximum atomic E-state index is 12.3.